The van der Waals surface area contributed by atoms with Crippen LogP contribution in [0.3, 0.4) is 0 Å². The lowest BCUT2D eigenvalue weighted by Gasteiger charge is -2.16. The summed E-state index contributed by atoms with van der Waals surface area (Å²) in [5.74, 6) is -0.197. The van der Waals surface area contributed by atoms with Gasteiger partial charge in [-0.15, -0.1) is 0 Å². The molecule has 1 nitrogen and oxygen atoms in total. The first-order chi connectivity index (χ1) is 8.90. The van der Waals surface area contributed by atoms with E-state index in [1.54, 1.807) is 26.0 Å². The first-order valence-corrected chi connectivity index (χ1v) is 6.42. The minimum atomic E-state index is -0.710. The first kappa shape index (κ1) is 13.8. The lowest BCUT2D eigenvalue weighted by atomic mass is 9.94. The fraction of sp³-hybridized carbons (Fsp3) is 0.294. The van der Waals surface area contributed by atoms with Crippen LogP contribution in [0.5, 0.6) is 0 Å². The second kappa shape index (κ2) is 5.14. The molecule has 1 unspecified atom stereocenters. The fourth-order valence-electron chi connectivity index (χ4n) is 2.37. The van der Waals surface area contributed by atoms with E-state index < -0.39 is 6.10 Å². The Kier molecular flexibility index (Phi) is 3.72. The van der Waals surface area contributed by atoms with Crippen molar-refractivity contribution in [2.24, 2.45) is 0 Å². The molecule has 0 radical (unpaired) electrons. The van der Waals surface area contributed by atoms with Crippen molar-refractivity contribution in [2.75, 3.05) is 0 Å². The molecule has 0 amide bonds. The topological polar surface area (TPSA) is 20.2 Å². The van der Waals surface area contributed by atoms with Crippen molar-refractivity contribution in [2.45, 2.75) is 33.8 Å². The molecule has 1 atom stereocenters. The highest BCUT2D eigenvalue weighted by Crippen LogP contribution is 2.28. The van der Waals surface area contributed by atoms with E-state index in [4.69, 9.17) is 0 Å². The molecule has 1 N–H and O–H groups in total. The highest BCUT2D eigenvalue weighted by atomic mass is 19.1. The van der Waals surface area contributed by atoms with Crippen molar-refractivity contribution in [3.63, 3.8) is 0 Å². The summed E-state index contributed by atoms with van der Waals surface area (Å²) in [5, 5.41) is 10.5. The zero-order chi connectivity index (χ0) is 14.2. The minimum absolute atomic E-state index is 0.197. The summed E-state index contributed by atoms with van der Waals surface area (Å²) >= 11 is 0. The third-order valence-corrected chi connectivity index (χ3v) is 3.50. The van der Waals surface area contributed by atoms with Crippen LogP contribution in [0.15, 0.2) is 30.3 Å². The van der Waals surface area contributed by atoms with Crippen LogP contribution < -0.4 is 0 Å². The van der Waals surface area contributed by atoms with E-state index in [1.165, 1.54) is 0 Å². The average Bonchev–Trinajstić information content (AvgIpc) is 2.37. The Labute approximate surface area is 113 Å². The highest BCUT2D eigenvalue weighted by Gasteiger charge is 2.15. The molecule has 2 aromatic rings. The SMILES string of the molecule is Cc1ccc(C)c(C(O)c2cc(C)c(F)c(C)c2)c1. The van der Waals surface area contributed by atoms with Gasteiger partial charge in [-0.25, -0.2) is 4.39 Å². The van der Waals surface area contributed by atoms with Crippen LogP contribution in [0.1, 0.15) is 39.5 Å². The first-order valence-electron chi connectivity index (χ1n) is 6.42. The molecule has 0 fully saturated rings. The zero-order valence-corrected chi connectivity index (χ0v) is 11.8. The fourth-order valence-corrected chi connectivity index (χ4v) is 2.37. The lowest BCUT2D eigenvalue weighted by Crippen LogP contribution is -2.04. The molecule has 0 spiro atoms. The summed E-state index contributed by atoms with van der Waals surface area (Å²) in [6.45, 7) is 7.42. The number of halogens is 1. The average molecular weight is 258 g/mol. The molecule has 2 heteroatoms. The zero-order valence-electron chi connectivity index (χ0n) is 11.8. The van der Waals surface area contributed by atoms with Gasteiger partial charge in [0.25, 0.3) is 0 Å². The van der Waals surface area contributed by atoms with Crippen molar-refractivity contribution in [1.82, 2.24) is 0 Å². The van der Waals surface area contributed by atoms with Gasteiger partial charge >= 0.3 is 0 Å². The number of hydrogen-bond acceptors (Lipinski definition) is 1. The van der Waals surface area contributed by atoms with Crippen LogP contribution in [-0.2, 0) is 0 Å². The maximum absolute atomic E-state index is 13.6. The van der Waals surface area contributed by atoms with Gasteiger partial charge in [-0.05, 0) is 55.5 Å². The van der Waals surface area contributed by atoms with Gasteiger partial charge in [0.1, 0.15) is 11.9 Å². The quantitative estimate of drug-likeness (QED) is 0.858. The normalized spacial score (nSPS) is 12.5. The number of hydrogen-bond donors (Lipinski definition) is 1. The van der Waals surface area contributed by atoms with Crippen molar-refractivity contribution in [1.29, 1.82) is 0 Å². The second-order valence-corrected chi connectivity index (χ2v) is 5.23. The highest BCUT2D eigenvalue weighted by molar-refractivity contribution is 5.40. The van der Waals surface area contributed by atoms with Crippen LogP contribution in [0.4, 0.5) is 4.39 Å². The Bertz CT molecular complexity index is 594. The summed E-state index contributed by atoms with van der Waals surface area (Å²) in [6, 6.07) is 9.43. The molecule has 0 saturated heterocycles. The Morgan fingerprint density at radius 3 is 2.05 bits per heavy atom. The number of rotatable bonds is 2. The molecule has 0 saturated carbocycles. The molecule has 0 aliphatic heterocycles. The van der Waals surface area contributed by atoms with Gasteiger partial charge < -0.3 is 5.11 Å². The summed E-state index contributed by atoms with van der Waals surface area (Å²) < 4.78 is 13.6. The van der Waals surface area contributed by atoms with Gasteiger partial charge in [0.2, 0.25) is 0 Å². The van der Waals surface area contributed by atoms with E-state index in [9.17, 15) is 9.50 Å². The Morgan fingerprint density at radius 1 is 0.895 bits per heavy atom. The standard InChI is InChI=1S/C17H19FO/c1-10-5-6-11(2)15(7-10)17(19)14-8-12(3)16(18)13(4)9-14/h5-9,17,19H,1-4H3. The van der Waals surface area contributed by atoms with Gasteiger partial charge in [0, 0.05) is 0 Å². The summed E-state index contributed by atoms with van der Waals surface area (Å²) in [5.41, 5.74) is 4.90. The summed E-state index contributed by atoms with van der Waals surface area (Å²) in [6.07, 6.45) is -0.710. The van der Waals surface area contributed by atoms with Crippen molar-refractivity contribution in [3.05, 3.63) is 69.5 Å². The largest absolute Gasteiger partial charge is 0.384 e. The van der Waals surface area contributed by atoms with E-state index in [2.05, 4.69) is 0 Å². The molecular formula is C17H19FO. The number of benzene rings is 2. The number of aryl methyl sites for hydroxylation is 4. The monoisotopic (exact) mass is 258 g/mol. The van der Waals surface area contributed by atoms with Gasteiger partial charge in [0.15, 0.2) is 0 Å². The Morgan fingerprint density at radius 2 is 1.47 bits per heavy atom. The molecule has 0 aromatic heterocycles. The molecule has 0 heterocycles. The van der Waals surface area contributed by atoms with Crippen LogP contribution in [0.25, 0.3) is 0 Å². The van der Waals surface area contributed by atoms with Gasteiger partial charge in [0.05, 0.1) is 0 Å². The molecule has 0 bridgehead atoms. The molecule has 100 valence electrons. The molecule has 0 aliphatic rings. The smallest absolute Gasteiger partial charge is 0.129 e. The predicted molar refractivity (Wildman–Crippen MR) is 75.9 cm³/mol. The minimum Gasteiger partial charge on any atom is -0.384 e. The molecule has 19 heavy (non-hydrogen) atoms. The van der Waals surface area contributed by atoms with Crippen molar-refractivity contribution < 1.29 is 9.50 Å². The van der Waals surface area contributed by atoms with Crippen molar-refractivity contribution in [3.8, 4) is 0 Å². The molecule has 2 rings (SSSR count). The number of aliphatic hydroxyl groups is 1. The lowest BCUT2D eigenvalue weighted by molar-refractivity contribution is 0.219. The molecular weight excluding hydrogens is 239 g/mol. The maximum Gasteiger partial charge on any atom is 0.129 e. The Balaban J connectivity index is 2.49. The van der Waals surface area contributed by atoms with E-state index in [0.717, 1.165) is 22.3 Å². The summed E-state index contributed by atoms with van der Waals surface area (Å²) in [4.78, 5) is 0. The third kappa shape index (κ3) is 2.69. The predicted octanol–water partition coefficient (Wildman–Crippen LogP) is 4.14. The van der Waals surface area contributed by atoms with Gasteiger partial charge in [-0.1, -0.05) is 35.9 Å². The van der Waals surface area contributed by atoms with Crippen LogP contribution in [0, 0.1) is 33.5 Å². The van der Waals surface area contributed by atoms with Gasteiger partial charge in [-0.2, -0.15) is 0 Å². The van der Waals surface area contributed by atoms with E-state index in [-0.39, 0.29) is 5.82 Å². The third-order valence-electron chi connectivity index (χ3n) is 3.50. The van der Waals surface area contributed by atoms with E-state index >= 15 is 0 Å². The maximum atomic E-state index is 13.6. The van der Waals surface area contributed by atoms with Crippen LogP contribution >= 0.6 is 0 Å². The Hall–Kier alpha value is -1.67. The van der Waals surface area contributed by atoms with E-state index in [1.807, 2.05) is 32.0 Å². The summed E-state index contributed by atoms with van der Waals surface area (Å²) in [7, 11) is 0. The number of aliphatic hydroxyl groups excluding tert-OH is 1. The molecule has 0 aliphatic carbocycles. The van der Waals surface area contributed by atoms with Crippen LogP contribution in [-0.4, -0.2) is 5.11 Å². The molecule has 2 aromatic carbocycles. The van der Waals surface area contributed by atoms with Crippen LogP contribution in [0.2, 0.25) is 0 Å². The van der Waals surface area contributed by atoms with Crippen molar-refractivity contribution >= 4 is 0 Å². The van der Waals surface area contributed by atoms with E-state index in [0.29, 0.717) is 11.1 Å². The van der Waals surface area contributed by atoms with Gasteiger partial charge in [-0.3, -0.25) is 0 Å². The second-order valence-electron chi connectivity index (χ2n) is 5.23.